The number of aromatic nitrogens is 1. The van der Waals surface area contributed by atoms with Gasteiger partial charge in [-0.25, -0.2) is 9.78 Å². The SMILES string of the molecule is C=C(NC(=O)c1csc(C)n1)C(=O)NC(=C)C(=O)OC.CCCN(CCC(C)CC)C(=O)C1CCOCC1. The minimum absolute atomic E-state index is 0.188. The van der Waals surface area contributed by atoms with E-state index in [1.54, 1.807) is 12.3 Å². The number of hydrogen-bond donors (Lipinski definition) is 2. The van der Waals surface area contributed by atoms with Crippen molar-refractivity contribution in [2.24, 2.45) is 11.8 Å². The van der Waals surface area contributed by atoms with Crippen molar-refractivity contribution in [3.05, 3.63) is 40.6 Å². The lowest BCUT2D eigenvalue weighted by atomic mass is 9.97. The molecular weight excluding hydrogens is 508 g/mol. The van der Waals surface area contributed by atoms with Crippen LogP contribution in [0, 0.1) is 18.8 Å². The quantitative estimate of drug-likeness (QED) is 0.301. The first-order chi connectivity index (χ1) is 18.0. The summed E-state index contributed by atoms with van der Waals surface area (Å²) < 4.78 is 9.70. The minimum Gasteiger partial charge on any atom is -0.464 e. The molecule has 0 radical (unpaired) electrons. The molecule has 38 heavy (non-hydrogen) atoms. The van der Waals surface area contributed by atoms with Crippen molar-refractivity contribution in [3.8, 4) is 0 Å². The average Bonchev–Trinajstić information content (AvgIpc) is 3.36. The minimum atomic E-state index is -0.785. The number of ether oxygens (including phenoxy) is 2. The molecule has 1 saturated heterocycles. The van der Waals surface area contributed by atoms with E-state index in [-0.39, 0.29) is 23.0 Å². The van der Waals surface area contributed by atoms with E-state index < -0.39 is 17.8 Å². The molecule has 1 unspecified atom stereocenters. The number of thiazole rings is 1. The summed E-state index contributed by atoms with van der Waals surface area (Å²) in [6.45, 7) is 18.4. The second-order valence-electron chi connectivity index (χ2n) is 9.12. The van der Waals surface area contributed by atoms with Crippen LogP contribution in [0.25, 0.3) is 0 Å². The van der Waals surface area contributed by atoms with Gasteiger partial charge in [-0.3, -0.25) is 14.4 Å². The Bertz CT molecular complexity index is 971. The largest absolute Gasteiger partial charge is 0.464 e. The van der Waals surface area contributed by atoms with Gasteiger partial charge in [0.05, 0.1) is 17.8 Å². The standard InChI is InChI=1S/C15H29NO2.C12H13N3O4S/c1-4-9-16(10-6-13(3)5-2)15(17)14-7-11-18-12-8-14;1-6(10(16)14-7(2)12(18)19-4)13-11(17)9-5-20-8(3)15-9/h13-14H,4-12H2,1-3H3;5H,1-2H2,3-4H3,(H,13,17)(H,14,16). The molecule has 11 heteroatoms. The van der Waals surface area contributed by atoms with Crippen molar-refractivity contribution in [1.29, 1.82) is 0 Å². The fourth-order valence-electron chi connectivity index (χ4n) is 3.50. The van der Waals surface area contributed by atoms with Crippen LogP contribution in [0.2, 0.25) is 0 Å². The summed E-state index contributed by atoms with van der Waals surface area (Å²) in [6, 6.07) is 0. The fraction of sp³-hybridized carbons (Fsp3) is 0.593. The van der Waals surface area contributed by atoms with Crippen molar-refractivity contribution >= 4 is 35.0 Å². The molecule has 1 aliphatic heterocycles. The summed E-state index contributed by atoms with van der Waals surface area (Å²) >= 11 is 1.31. The van der Waals surface area contributed by atoms with Gasteiger partial charge in [0.2, 0.25) is 5.91 Å². The summed E-state index contributed by atoms with van der Waals surface area (Å²) in [5, 5.41) is 6.71. The average molecular weight is 551 g/mol. The maximum absolute atomic E-state index is 12.5. The van der Waals surface area contributed by atoms with E-state index in [0.29, 0.717) is 11.8 Å². The lowest BCUT2D eigenvalue weighted by molar-refractivity contribution is -0.139. The van der Waals surface area contributed by atoms with Crippen molar-refractivity contribution in [2.75, 3.05) is 33.4 Å². The van der Waals surface area contributed by atoms with E-state index in [1.165, 1.54) is 17.8 Å². The van der Waals surface area contributed by atoms with Gasteiger partial charge in [0.15, 0.2) is 0 Å². The molecular formula is C27H42N4O6S. The maximum Gasteiger partial charge on any atom is 0.353 e. The predicted molar refractivity (Wildman–Crippen MR) is 147 cm³/mol. The number of rotatable bonds is 12. The molecule has 0 aliphatic carbocycles. The van der Waals surface area contributed by atoms with E-state index in [0.717, 1.165) is 64.1 Å². The highest BCUT2D eigenvalue weighted by Gasteiger charge is 2.26. The molecule has 1 atom stereocenters. The number of amides is 3. The first-order valence-electron chi connectivity index (χ1n) is 12.9. The third kappa shape index (κ3) is 11.6. The summed E-state index contributed by atoms with van der Waals surface area (Å²) in [6.07, 6.45) is 5.19. The van der Waals surface area contributed by atoms with Crippen LogP contribution in [0.1, 0.15) is 68.4 Å². The Hall–Kier alpha value is -3.05. The summed E-state index contributed by atoms with van der Waals surface area (Å²) in [7, 11) is 1.15. The summed E-state index contributed by atoms with van der Waals surface area (Å²) in [5.41, 5.74) is -0.295. The highest BCUT2D eigenvalue weighted by Crippen LogP contribution is 2.19. The van der Waals surface area contributed by atoms with Crippen LogP contribution in [-0.2, 0) is 23.9 Å². The molecule has 1 aromatic rings. The van der Waals surface area contributed by atoms with Crippen LogP contribution in [0.4, 0.5) is 0 Å². The van der Waals surface area contributed by atoms with E-state index in [9.17, 15) is 19.2 Å². The lowest BCUT2D eigenvalue weighted by Gasteiger charge is -2.30. The van der Waals surface area contributed by atoms with Gasteiger partial charge < -0.3 is 25.0 Å². The lowest BCUT2D eigenvalue weighted by Crippen LogP contribution is -2.40. The van der Waals surface area contributed by atoms with Gasteiger partial charge >= 0.3 is 5.97 Å². The van der Waals surface area contributed by atoms with Gasteiger partial charge in [-0.15, -0.1) is 11.3 Å². The van der Waals surface area contributed by atoms with Gasteiger partial charge in [-0.2, -0.15) is 0 Å². The molecule has 0 saturated carbocycles. The van der Waals surface area contributed by atoms with E-state index in [2.05, 4.69) is 59.2 Å². The molecule has 2 rings (SSSR count). The van der Waals surface area contributed by atoms with E-state index in [1.807, 2.05) is 0 Å². The molecule has 212 valence electrons. The first kappa shape index (κ1) is 33.0. The van der Waals surface area contributed by atoms with Crippen LogP contribution in [0.5, 0.6) is 0 Å². The maximum atomic E-state index is 12.5. The molecule has 0 bridgehead atoms. The highest BCUT2D eigenvalue weighted by atomic mass is 32.1. The molecule has 1 aliphatic rings. The molecule has 3 amide bonds. The van der Waals surface area contributed by atoms with E-state index in [4.69, 9.17) is 4.74 Å². The van der Waals surface area contributed by atoms with Gasteiger partial charge in [0.25, 0.3) is 11.8 Å². The third-order valence-electron chi connectivity index (χ3n) is 6.05. The van der Waals surface area contributed by atoms with Gasteiger partial charge in [-0.05, 0) is 38.5 Å². The first-order valence-corrected chi connectivity index (χ1v) is 13.8. The molecule has 2 N–H and O–H groups in total. The number of aryl methyl sites for hydroxylation is 1. The highest BCUT2D eigenvalue weighted by molar-refractivity contribution is 7.09. The Morgan fingerprint density at radius 1 is 1.16 bits per heavy atom. The Labute approximate surface area is 229 Å². The van der Waals surface area contributed by atoms with Crippen molar-refractivity contribution in [2.45, 2.75) is 59.8 Å². The fourth-order valence-corrected chi connectivity index (χ4v) is 4.09. The van der Waals surface area contributed by atoms with E-state index >= 15 is 0 Å². The number of hydrogen-bond acceptors (Lipinski definition) is 8. The predicted octanol–water partition coefficient (Wildman–Crippen LogP) is 3.59. The second-order valence-corrected chi connectivity index (χ2v) is 10.2. The molecule has 0 spiro atoms. The molecule has 2 heterocycles. The third-order valence-corrected chi connectivity index (χ3v) is 6.82. The van der Waals surface area contributed by atoms with Crippen molar-refractivity contribution < 1.29 is 28.7 Å². The van der Waals surface area contributed by atoms with Crippen LogP contribution >= 0.6 is 11.3 Å². The van der Waals surface area contributed by atoms with Crippen molar-refractivity contribution in [3.63, 3.8) is 0 Å². The number of esters is 1. The number of nitrogens with zero attached hydrogens (tertiary/aromatic N) is 2. The van der Waals surface area contributed by atoms with Crippen LogP contribution in [0.15, 0.2) is 29.9 Å². The Morgan fingerprint density at radius 2 is 1.82 bits per heavy atom. The smallest absolute Gasteiger partial charge is 0.353 e. The number of nitrogens with one attached hydrogen (secondary N) is 2. The summed E-state index contributed by atoms with van der Waals surface area (Å²) in [4.78, 5) is 52.9. The Morgan fingerprint density at radius 3 is 2.34 bits per heavy atom. The summed E-state index contributed by atoms with van der Waals surface area (Å²) in [5.74, 6) is -0.816. The molecule has 0 aromatic carbocycles. The normalized spacial score (nSPS) is 13.8. The zero-order valence-corrected chi connectivity index (χ0v) is 24.1. The zero-order chi connectivity index (χ0) is 28.7. The number of methoxy groups -OCH3 is 1. The van der Waals surface area contributed by atoms with Crippen molar-refractivity contribution in [1.82, 2.24) is 20.5 Å². The van der Waals surface area contributed by atoms with Gasteiger partial charge in [-0.1, -0.05) is 40.3 Å². The zero-order valence-electron chi connectivity index (χ0n) is 23.3. The molecule has 1 fully saturated rings. The topological polar surface area (TPSA) is 127 Å². The van der Waals surface area contributed by atoms with Gasteiger partial charge in [0, 0.05) is 37.6 Å². The second kappa shape index (κ2) is 17.5. The van der Waals surface area contributed by atoms with Crippen LogP contribution in [0.3, 0.4) is 0 Å². The Balaban J connectivity index is 0.000000382. The number of carbonyl (C=O) groups is 4. The number of carbonyl (C=O) groups excluding carboxylic acids is 4. The monoisotopic (exact) mass is 550 g/mol. The van der Waals surface area contributed by atoms with Crippen LogP contribution in [-0.4, -0.2) is 67.0 Å². The van der Waals surface area contributed by atoms with Gasteiger partial charge in [0.1, 0.15) is 11.4 Å². The molecule has 1 aromatic heterocycles. The van der Waals surface area contributed by atoms with Crippen LogP contribution < -0.4 is 10.6 Å². The Kier molecular flexibility index (Phi) is 15.2. The molecule has 10 nitrogen and oxygen atoms in total.